The lowest BCUT2D eigenvalue weighted by atomic mass is 10.1. The fraction of sp³-hybridized carbons (Fsp3) is 0.286. The van der Waals surface area contributed by atoms with E-state index in [9.17, 15) is 4.79 Å². The number of rotatable bonds is 7. The number of likely N-dealkylation sites (N-methyl/N-ethyl adjacent to an activating group) is 1. The van der Waals surface area contributed by atoms with Crippen molar-refractivity contribution < 1.29 is 9.15 Å². The van der Waals surface area contributed by atoms with Crippen molar-refractivity contribution in [3.05, 3.63) is 76.1 Å². The summed E-state index contributed by atoms with van der Waals surface area (Å²) >= 11 is 0. The molecule has 0 unspecified atom stereocenters. The summed E-state index contributed by atoms with van der Waals surface area (Å²) in [5.74, 6) is 0.669. The zero-order chi connectivity index (χ0) is 18.5. The first-order valence-electron chi connectivity index (χ1n) is 8.61. The summed E-state index contributed by atoms with van der Waals surface area (Å²) in [6, 6.07) is 17.7. The highest BCUT2D eigenvalue weighted by atomic mass is 16.5. The minimum atomic E-state index is -0.352. The van der Waals surface area contributed by atoms with E-state index in [4.69, 9.17) is 9.15 Å². The first-order valence-corrected chi connectivity index (χ1v) is 8.61. The number of methoxy groups -OCH3 is 1. The average molecular weight is 352 g/mol. The molecule has 1 heterocycles. The average Bonchev–Trinajstić information content (AvgIpc) is 2.64. The fourth-order valence-corrected chi connectivity index (χ4v) is 3.10. The lowest BCUT2D eigenvalue weighted by Gasteiger charge is -2.25. The standard InChI is InChI=1S/C21H24N2O3/c1-23(2)19(15-7-5-4-6-8-15)14-22-13-16-11-21(24)26-20-12-17(25-3)9-10-18(16)20/h4-12,19,22H,13-14H2,1-3H3/t19-/m1/s1. The van der Waals surface area contributed by atoms with Crippen molar-refractivity contribution in [3.63, 3.8) is 0 Å². The van der Waals surface area contributed by atoms with E-state index >= 15 is 0 Å². The van der Waals surface area contributed by atoms with E-state index in [1.807, 2.05) is 18.2 Å². The van der Waals surface area contributed by atoms with Gasteiger partial charge in [0.1, 0.15) is 11.3 Å². The van der Waals surface area contributed by atoms with Crippen LogP contribution in [0.2, 0.25) is 0 Å². The molecule has 0 bridgehead atoms. The van der Waals surface area contributed by atoms with Crippen LogP contribution in [0.5, 0.6) is 5.75 Å². The number of ether oxygens (including phenoxy) is 1. The summed E-state index contributed by atoms with van der Waals surface area (Å²) in [5.41, 5.74) is 2.37. The Morgan fingerprint density at radius 2 is 1.88 bits per heavy atom. The molecule has 3 rings (SSSR count). The molecule has 1 atom stereocenters. The first-order chi connectivity index (χ1) is 12.6. The molecule has 0 aliphatic heterocycles. The number of fused-ring (bicyclic) bond motifs is 1. The minimum Gasteiger partial charge on any atom is -0.497 e. The third-order valence-electron chi connectivity index (χ3n) is 4.50. The Labute approximate surface area is 153 Å². The van der Waals surface area contributed by atoms with Crippen LogP contribution in [0.25, 0.3) is 11.0 Å². The van der Waals surface area contributed by atoms with Crippen LogP contribution in [0.15, 0.2) is 63.8 Å². The predicted octanol–water partition coefficient (Wildman–Crippen LogP) is 3.19. The van der Waals surface area contributed by atoms with Crippen LogP contribution in [0.1, 0.15) is 17.2 Å². The Bertz CT molecular complexity index is 919. The van der Waals surface area contributed by atoms with Crippen LogP contribution < -0.4 is 15.7 Å². The smallest absolute Gasteiger partial charge is 0.336 e. The highest BCUT2D eigenvalue weighted by molar-refractivity contribution is 5.81. The van der Waals surface area contributed by atoms with Gasteiger partial charge in [-0.1, -0.05) is 30.3 Å². The Morgan fingerprint density at radius 3 is 2.58 bits per heavy atom. The number of nitrogens with zero attached hydrogens (tertiary/aromatic N) is 1. The van der Waals surface area contributed by atoms with Gasteiger partial charge in [0.2, 0.25) is 0 Å². The fourth-order valence-electron chi connectivity index (χ4n) is 3.10. The van der Waals surface area contributed by atoms with Crippen molar-refractivity contribution in [2.24, 2.45) is 0 Å². The molecule has 1 aromatic heterocycles. The summed E-state index contributed by atoms with van der Waals surface area (Å²) in [5, 5.41) is 4.39. The Morgan fingerprint density at radius 1 is 1.12 bits per heavy atom. The third kappa shape index (κ3) is 4.12. The van der Waals surface area contributed by atoms with Gasteiger partial charge in [0.15, 0.2) is 0 Å². The van der Waals surface area contributed by atoms with E-state index in [1.165, 1.54) is 5.56 Å². The summed E-state index contributed by atoms with van der Waals surface area (Å²) in [4.78, 5) is 14.1. The largest absolute Gasteiger partial charge is 0.497 e. The molecule has 0 spiro atoms. The summed E-state index contributed by atoms with van der Waals surface area (Å²) in [7, 11) is 5.73. The number of hydrogen-bond acceptors (Lipinski definition) is 5. The van der Waals surface area contributed by atoms with E-state index in [-0.39, 0.29) is 11.7 Å². The second-order valence-corrected chi connectivity index (χ2v) is 6.47. The Kier molecular flexibility index (Phi) is 5.71. The van der Waals surface area contributed by atoms with Crippen LogP contribution in [-0.4, -0.2) is 32.6 Å². The molecule has 0 aliphatic carbocycles. The molecule has 0 saturated carbocycles. The van der Waals surface area contributed by atoms with Crippen LogP contribution in [0.3, 0.4) is 0 Å². The first kappa shape index (κ1) is 18.2. The molecule has 2 aromatic carbocycles. The molecule has 1 N–H and O–H groups in total. The minimum absolute atomic E-state index is 0.252. The maximum Gasteiger partial charge on any atom is 0.336 e. The molecule has 0 saturated heterocycles. The lowest BCUT2D eigenvalue weighted by molar-refractivity contribution is 0.288. The SMILES string of the molecule is COc1ccc2c(CNC[C@H](c3ccccc3)N(C)C)cc(=O)oc2c1. The molecule has 3 aromatic rings. The van der Waals surface area contributed by atoms with Gasteiger partial charge >= 0.3 is 5.63 Å². The summed E-state index contributed by atoms with van der Waals surface area (Å²) in [6.45, 7) is 1.36. The van der Waals surface area contributed by atoms with Crippen molar-refractivity contribution in [2.45, 2.75) is 12.6 Å². The van der Waals surface area contributed by atoms with Crippen molar-refractivity contribution in [2.75, 3.05) is 27.7 Å². The van der Waals surface area contributed by atoms with Gasteiger partial charge in [0.25, 0.3) is 0 Å². The molecule has 5 heteroatoms. The molecule has 136 valence electrons. The van der Waals surface area contributed by atoms with Gasteiger partial charge in [0, 0.05) is 36.7 Å². The van der Waals surface area contributed by atoms with E-state index in [0.717, 1.165) is 17.5 Å². The highest BCUT2D eigenvalue weighted by Crippen LogP contribution is 2.23. The van der Waals surface area contributed by atoms with Crippen molar-refractivity contribution in [1.29, 1.82) is 0 Å². The molecule has 0 radical (unpaired) electrons. The zero-order valence-electron chi connectivity index (χ0n) is 15.4. The topological polar surface area (TPSA) is 54.7 Å². The van der Waals surface area contributed by atoms with Crippen LogP contribution in [-0.2, 0) is 6.54 Å². The highest BCUT2D eigenvalue weighted by Gasteiger charge is 2.14. The van der Waals surface area contributed by atoms with Crippen molar-refractivity contribution in [1.82, 2.24) is 10.2 Å². The van der Waals surface area contributed by atoms with Gasteiger partial charge in [-0.25, -0.2) is 4.79 Å². The monoisotopic (exact) mass is 352 g/mol. The maximum absolute atomic E-state index is 11.9. The van der Waals surface area contributed by atoms with E-state index < -0.39 is 0 Å². The van der Waals surface area contributed by atoms with Gasteiger partial charge < -0.3 is 19.4 Å². The Hall–Kier alpha value is -2.63. The normalized spacial score (nSPS) is 12.5. The van der Waals surface area contributed by atoms with Gasteiger partial charge in [-0.15, -0.1) is 0 Å². The molecule has 0 aliphatic rings. The molecule has 5 nitrogen and oxygen atoms in total. The molecule has 0 amide bonds. The molecular formula is C21H24N2O3. The molecular weight excluding hydrogens is 328 g/mol. The van der Waals surface area contributed by atoms with E-state index in [2.05, 4.69) is 48.6 Å². The lowest BCUT2D eigenvalue weighted by Crippen LogP contribution is -2.31. The molecule has 26 heavy (non-hydrogen) atoms. The summed E-state index contributed by atoms with van der Waals surface area (Å²) in [6.07, 6.45) is 0. The van der Waals surface area contributed by atoms with Crippen LogP contribution >= 0.6 is 0 Å². The van der Waals surface area contributed by atoms with Crippen LogP contribution in [0, 0.1) is 0 Å². The number of benzene rings is 2. The van der Waals surface area contributed by atoms with Crippen molar-refractivity contribution >= 4 is 11.0 Å². The predicted molar refractivity (Wildman–Crippen MR) is 104 cm³/mol. The zero-order valence-corrected chi connectivity index (χ0v) is 15.4. The van der Waals surface area contributed by atoms with Gasteiger partial charge in [-0.3, -0.25) is 0 Å². The second kappa shape index (κ2) is 8.17. The van der Waals surface area contributed by atoms with E-state index in [0.29, 0.717) is 17.9 Å². The van der Waals surface area contributed by atoms with Crippen LogP contribution in [0.4, 0.5) is 0 Å². The maximum atomic E-state index is 11.9. The second-order valence-electron chi connectivity index (χ2n) is 6.47. The van der Waals surface area contributed by atoms with Crippen molar-refractivity contribution in [3.8, 4) is 5.75 Å². The number of nitrogens with one attached hydrogen (secondary N) is 1. The van der Waals surface area contributed by atoms with Gasteiger partial charge in [0.05, 0.1) is 7.11 Å². The summed E-state index contributed by atoms with van der Waals surface area (Å²) < 4.78 is 10.5. The number of hydrogen-bond donors (Lipinski definition) is 1. The van der Waals surface area contributed by atoms with E-state index in [1.54, 1.807) is 19.2 Å². The van der Waals surface area contributed by atoms with Gasteiger partial charge in [-0.05, 0) is 37.4 Å². The third-order valence-corrected chi connectivity index (χ3v) is 4.50. The quantitative estimate of drug-likeness (QED) is 0.662. The Balaban J connectivity index is 1.78. The molecule has 0 fully saturated rings. The van der Waals surface area contributed by atoms with Gasteiger partial charge in [-0.2, -0.15) is 0 Å².